The molecule has 0 saturated heterocycles. The second kappa shape index (κ2) is 10.2. The molecule has 7 heteroatoms. The summed E-state index contributed by atoms with van der Waals surface area (Å²) >= 11 is 0. The lowest BCUT2D eigenvalue weighted by Crippen LogP contribution is -2.46. The highest BCUT2D eigenvalue weighted by Gasteiger charge is 2.26. The van der Waals surface area contributed by atoms with Gasteiger partial charge in [0.1, 0.15) is 11.1 Å². The van der Waals surface area contributed by atoms with Crippen LogP contribution in [-0.4, -0.2) is 39.7 Å². The third-order valence-electron chi connectivity index (χ3n) is 3.34. The number of rotatable bonds is 9. The number of aromatic nitrogens is 1. The van der Waals surface area contributed by atoms with Crippen LogP contribution in [0.15, 0.2) is 59.8 Å². The smallest absolute Gasteiger partial charge is 0.217 e. The largest absolute Gasteiger partial charge is 0.384 e. The van der Waals surface area contributed by atoms with Crippen LogP contribution in [0.3, 0.4) is 0 Å². The van der Waals surface area contributed by atoms with Crippen molar-refractivity contribution in [3.63, 3.8) is 0 Å². The van der Waals surface area contributed by atoms with E-state index in [0.29, 0.717) is 6.42 Å². The number of carbonyl (C=O) groups is 2. The van der Waals surface area contributed by atoms with Gasteiger partial charge < -0.3 is 10.4 Å². The molecule has 2 N–H and O–H groups in total. The second-order valence-corrected chi connectivity index (χ2v) is 7.76. The molecule has 0 fully saturated rings. The first-order valence-corrected chi connectivity index (χ1v) is 10.1. The van der Waals surface area contributed by atoms with Gasteiger partial charge in [0.25, 0.3) is 0 Å². The number of ketones is 1. The van der Waals surface area contributed by atoms with E-state index in [1.165, 1.54) is 28.5 Å². The molecule has 2 aromatic rings. The Morgan fingerprint density at radius 1 is 1.16 bits per heavy atom. The highest BCUT2D eigenvalue weighted by atomic mass is 33.1. The highest BCUT2D eigenvalue weighted by molar-refractivity contribution is 8.76. The monoisotopic (exact) mass is 376 g/mol. The summed E-state index contributed by atoms with van der Waals surface area (Å²) in [5, 5.41) is 13.7. The van der Waals surface area contributed by atoms with Gasteiger partial charge in [0, 0.05) is 18.9 Å². The van der Waals surface area contributed by atoms with Crippen LogP contribution >= 0.6 is 21.6 Å². The number of nitrogens with one attached hydrogen (secondary N) is 1. The molecule has 5 nitrogen and oxygen atoms in total. The number of carbonyl (C=O) groups excluding carboxylic acids is 2. The summed E-state index contributed by atoms with van der Waals surface area (Å²) in [6.07, 6.45) is 0.896. The third kappa shape index (κ3) is 6.89. The van der Waals surface area contributed by atoms with Gasteiger partial charge in [-0.25, -0.2) is 4.98 Å². The Hall–Kier alpha value is -1.83. The van der Waals surface area contributed by atoms with E-state index in [-0.39, 0.29) is 17.4 Å². The van der Waals surface area contributed by atoms with Crippen molar-refractivity contribution in [1.82, 2.24) is 10.3 Å². The van der Waals surface area contributed by atoms with E-state index in [4.69, 9.17) is 0 Å². The highest BCUT2D eigenvalue weighted by Crippen LogP contribution is 2.29. The lowest BCUT2D eigenvalue weighted by atomic mass is 9.99. The van der Waals surface area contributed by atoms with Crippen molar-refractivity contribution >= 4 is 33.3 Å². The van der Waals surface area contributed by atoms with E-state index in [2.05, 4.69) is 10.3 Å². The number of pyridine rings is 1. The minimum atomic E-state index is -1.15. The van der Waals surface area contributed by atoms with E-state index in [0.717, 1.165) is 10.6 Å². The Balaban J connectivity index is 1.91. The number of hydrogen-bond acceptors (Lipinski definition) is 6. The minimum absolute atomic E-state index is 0.227. The second-order valence-electron chi connectivity index (χ2n) is 5.40. The van der Waals surface area contributed by atoms with Crippen LogP contribution in [0.4, 0.5) is 0 Å². The number of hydrogen-bond donors (Lipinski definition) is 2. The van der Waals surface area contributed by atoms with Gasteiger partial charge in [-0.15, -0.1) is 0 Å². The van der Waals surface area contributed by atoms with Crippen LogP contribution < -0.4 is 5.32 Å². The molecule has 2 atom stereocenters. The maximum absolute atomic E-state index is 12.5. The van der Waals surface area contributed by atoms with Crippen LogP contribution in [0.5, 0.6) is 0 Å². The minimum Gasteiger partial charge on any atom is -0.384 e. The quantitative estimate of drug-likeness (QED) is 0.655. The first-order valence-electron chi connectivity index (χ1n) is 7.79. The summed E-state index contributed by atoms with van der Waals surface area (Å²) in [5.41, 5.74) is 0.928. The molecule has 0 aliphatic carbocycles. The Kier molecular flexibility index (Phi) is 7.97. The average molecular weight is 377 g/mol. The Morgan fingerprint density at radius 3 is 2.52 bits per heavy atom. The van der Waals surface area contributed by atoms with Crippen LogP contribution in [0.25, 0.3) is 0 Å². The summed E-state index contributed by atoms with van der Waals surface area (Å²) in [5.74, 6) is -0.449. The molecular formula is C18H20N2O3S2. The maximum Gasteiger partial charge on any atom is 0.217 e. The van der Waals surface area contributed by atoms with Crippen molar-refractivity contribution in [3.8, 4) is 0 Å². The molecule has 132 valence electrons. The van der Waals surface area contributed by atoms with Gasteiger partial charge in [-0.1, -0.05) is 47.2 Å². The first-order chi connectivity index (χ1) is 12.1. The lowest BCUT2D eigenvalue weighted by molar-refractivity contribution is -0.131. The van der Waals surface area contributed by atoms with Crippen LogP contribution in [0.1, 0.15) is 12.5 Å². The molecule has 0 aliphatic heterocycles. The Labute approximate surface area is 155 Å². The number of Topliss-reactive ketones (excluding diaryl/α,β-unsaturated/α-hetero) is 1. The SMILES string of the molecule is CC(=O)NC(Cc1ccccc1)C(=O)C(O)CSSc1ccccn1. The number of benzene rings is 1. The molecule has 2 rings (SSSR count). The van der Waals surface area contributed by atoms with Crippen molar-refractivity contribution in [3.05, 3.63) is 60.3 Å². The normalized spacial score (nSPS) is 13.0. The summed E-state index contributed by atoms with van der Waals surface area (Å²) < 4.78 is 0. The first kappa shape index (κ1) is 19.5. The number of aliphatic hydroxyl groups is 1. The fourth-order valence-corrected chi connectivity index (χ4v) is 4.16. The van der Waals surface area contributed by atoms with Gasteiger partial charge in [0.2, 0.25) is 5.91 Å². The molecule has 1 aromatic carbocycles. The molecule has 2 unspecified atom stereocenters. The zero-order chi connectivity index (χ0) is 18.1. The van der Waals surface area contributed by atoms with Gasteiger partial charge >= 0.3 is 0 Å². The summed E-state index contributed by atoms with van der Waals surface area (Å²) in [7, 11) is 2.76. The van der Waals surface area contributed by atoms with Crippen LogP contribution in [0.2, 0.25) is 0 Å². The Bertz CT molecular complexity index is 683. The van der Waals surface area contributed by atoms with E-state index in [1.54, 1.807) is 6.20 Å². The molecule has 1 heterocycles. The molecule has 0 spiro atoms. The third-order valence-corrected chi connectivity index (χ3v) is 5.60. The van der Waals surface area contributed by atoms with Crippen molar-refractivity contribution < 1.29 is 14.7 Å². The molecule has 25 heavy (non-hydrogen) atoms. The fraction of sp³-hybridized carbons (Fsp3) is 0.278. The average Bonchev–Trinajstić information content (AvgIpc) is 2.62. The van der Waals surface area contributed by atoms with Crippen molar-refractivity contribution in [2.45, 2.75) is 30.5 Å². The van der Waals surface area contributed by atoms with Gasteiger partial charge in [-0.05, 0) is 34.9 Å². The van der Waals surface area contributed by atoms with Crippen molar-refractivity contribution in [2.24, 2.45) is 0 Å². The molecule has 1 aromatic heterocycles. The zero-order valence-corrected chi connectivity index (χ0v) is 15.4. The number of amides is 1. The summed E-state index contributed by atoms with van der Waals surface area (Å²) in [6.45, 7) is 1.36. The van der Waals surface area contributed by atoms with E-state index in [1.807, 2.05) is 48.5 Å². The summed E-state index contributed by atoms with van der Waals surface area (Å²) in [6, 6.07) is 14.2. The Morgan fingerprint density at radius 2 is 1.88 bits per heavy atom. The number of nitrogens with zero attached hydrogens (tertiary/aromatic N) is 1. The standard InChI is InChI=1S/C18H20N2O3S2/c1-13(21)20-15(11-14-7-3-2-4-8-14)18(23)16(22)12-24-25-17-9-5-6-10-19-17/h2-10,15-16,22H,11-12H2,1H3,(H,20,21). The van der Waals surface area contributed by atoms with E-state index in [9.17, 15) is 14.7 Å². The van der Waals surface area contributed by atoms with Crippen LogP contribution in [0, 0.1) is 0 Å². The maximum atomic E-state index is 12.5. The van der Waals surface area contributed by atoms with E-state index < -0.39 is 12.1 Å². The fourth-order valence-electron chi connectivity index (χ4n) is 2.19. The molecule has 0 aliphatic rings. The molecule has 0 bridgehead atoms. The lowest BCUT2D eigenvalue weighted by Gasteiger charge is -2.20. The molecule has 1 amide bonds. The summed E-state index contributed by atoms with van der Waals surface area (Å²) in [4.78, 5) is 28.1. The van der Waals surface area contributed by atoms with E-state index >= 15 is 0 Å². The number of aliphatic hydroxyl groups excluding tert-OH is 1. The van der Waals surface area contributed by atoms with Crippen molar-refractivity contribution in [1.29, 1.82) is 0 Å². The molecule has 0 radical (unpaired) electrons. The van der Waals surface area contributed by atoms with Gasteiger partial charge in [0.15, 0.2) is 5.78 Å². The van der Waals surface area contributed by atoms with Gasteiger partial charge in [0.05, 0.1) is 6.04 Å². The molecular weight excluding hydrogens is 356 g/mol. The predicted molar refractivity (Wildman–Crippen MR) is 101 cm³/mol. The zero-order valence-electron chi connectivity index (χ0n) is 13.8. The van der Waals surface area contributed by atoms with Gasteiger partial charge in [-0.2, -0.15) is 0 Å². The topological polar surface area (TPSA) is 79.3 Å². The van der Waals surface area contributed by atoms with Crippen LogP contribution in [-0.2, 0) is 16.0 Å². The predicted octanol–water partition coefficient (Wildman–Crippen LogP) is 2.50. The molecule has 0 saturated carbocycles. The van der Waals surface area contributed by atoms with Gasteiger partial charge in [-0.3, -0.25) is 9.59 Å². The van der Waals surface area contributed by atoms with Crippen molar-refractivity contribution in [2.75, 3.05) is 5.75 Å².